The third-order valence-corrected chi connectivity index (χ3v) is 5.13. The monoisotopic (exact) mass is 403 g/mol. The fourth-order valence-electron chi connectivity index (χ4n) is 2.06. The Morgan fingerprint density at radius 3 is 2.84 bits per heavy atom. The van der Waals surface area contributed by atoms with Crippen LogP contribution in [0.25, 0.3) is 0 Å². The lowest BCUT2D eigenvalue weighted by Gasteiger charge is -2.16. The van der Waals surface area contributed by atoms with E-state index in [1.165, 1.54) is 35.9 Å². The quantitative estimate of drug-likeness (QED) is 0.412. The number of carbonyl (C=O) groups excluding carboxylic acids is 3. The first-order chi connectivity index (χ1) is 11.9. The standard InChI is InChI=1S/C16H15Cl2NO5S/c1-23-14(21)8-13-19(12(20)9-25-13)6-3-7-24-16(22)10-4-2-5-11(17)15(10)18/h2,4-5,8H,3,6-7,9H2,1H3/b13-8+. The van der Waals surface area contributed by atoms with E-state index in [1.54, 1.807) is 12.1 Å². The Morgan fingerprint density at radius 1 is 1.36 bits per heavy atom. The first-order valence-electron chi connectivity index (χ1n) is 7.28. The zero-order chi connectivity index (χ0) is 18.4. The Kier molecular flexibility index (Phi) is 7.16. The topological polar surface area (TPSA) is 72.9 Å². The van der Waals surface area contributed by atoms with E-state index < -0.39 is 11.9 Å². The molecule has 2 rings (SSSR count). The molecule has 25 heavy (non-hydrogen) atoms. The molecule has 1 heterocycles. The molecule has 0 spiro atoms. The summed E-state index contributed by atoms with van der Waals surface area (Å²) in [5, 5.41) is 0.943. The van der Waals surface area contributed by atoms with Crippen LogP contribution in [0.4, 0.5) is 0 Å². The summed E-state index contributed by atoms with van der Waals surface area (Å²) >= 11 is 13.1. The number of carbonyl (C=O) groups is 3. The number of nitrogens with zero attached hydrogens (tertiary/aromatic N) is 1. The Hall–Kier alpha value is -1.70. The molecule has 1 aromatic rings. The molecule has 0 atom stereocenters. The molecule has 0 aromatic heterocycles. The highest BCUT2D eigenvalue weighted by Crippen LogP contribution is 2.29. The van der Waals surface area contributed by atoms with Crippen LogP contribution in [0.3, 0.4) is 0 Å². The van der Waals surface area contributed by atoms with Crippen molar-refractivity contribution in [3.05, 3.63) is 44.9 Å². The van der Waals surface area contributed by atoms with Crippen molar-refractivity contribution < 1.29 is 23.9 Å². The second-order valence-corrected chi connectivity index (χ2v) is 6.71. The summed E-state index contributed by atoms with van der Waals surface area (Å²) in [5.74, 6) is -0.950. The number of amides is 1. The number of hydrogen-bond acceptors (Lipinski definition) is 6. The average molecular weight is 404 g/mol. The summed E-state index contributed by atoms with van der Waals surface area (Å²) in [5.41, 5.74) is 0.188. The maximum absolute atomic E-state index is 12.0. The largest absolute Gasteiger partial charge is 0.466 e. The average Bonchev–Trinajstić information content (AvgIpc) is 2.93. The normalized spacial score (nSPS) is 15.6. The third kappa shape index (κ3) is 5.14. The molecule has 1 amide bonds. The number of hydrogen-bond donors (Lipinski definition) is 0. The van der Waals surface area contributed by atoms with E-state index in [0.717, 1.165) is 0 Å². The number of methoxy groups -OCH3 is 1. The second kappa shape index (κ2) is 9.12. The molecule has 0 N–H and O–H groups in total. The predicted molar refractivity (Wildman–Crippen MR) is 95.6 cm³/mol. The van der Waals surface area contributed by atoms with E-state index in [1.807, 2.05) is 0 Å². The molecule has 134 valence electrons. The van der Waals surface area contributed by atoms with Gasteiger partial charge in [-0.1, -0.05) is 41.0 Å². The molecule has 0 bridgehead atoms. The first kappa shape index (κ1) is 19.6. The Labute approximate surface area is 159 Å². The molecule has 1 aromatic carbocycles. The zero-order valence-corrected chi connectivity index (χ0v) is 15.6. The molecule has 1 fully saturated rings. The lowest BCUT2D eigenvalue weighted by molar-refractivity contribution is -0.134. The molecule has 9 heteroatoms. The second-order valence-electron chi connectivity index (χ2n) is 4.93. The van der Waals surface area contributed by atoms with Crippen LogP contribution in [0.15, 0.2) is 29.3 Å². The van der Waals surface area contributed by atoms with Gasteiger partial charge >= 0.3 is 11.9 Å². The summed E-state index contributed by atoms with van der Waals surface area (Å²) in [7, 11) is 1.27. The molecule has 0 saturated carbocycles. The number of halogens is 2. The summed E-state index contributed by atoms with van der Waals surface area (Å²) in [6.45, 7) is 0.423. The Morgan fingerprint density at radius 2 is 2.12 bits per heavy atom. The summed E-state index contributed by atoms with van der Waals surface area (Å²) in [6.07, 6.45) is 1.68. The van der Waals surface area contributed by atoms with Crippen molar-refractivity contribution in [2.45, 2.75) is 6.42 Å². The van der Waals surface area contributed by atoms with Crippen molar-refractivity contribution >= 4 is 52.8 Å². The number of rotatable bonds is 6. The van der Waals surface area contributed by atoms with E-state index in [2.05, 4.69) is 4.74 Å². The van der Waals surface area contributed by atoms with Crippen molar-refractivity contribution in [1.82, 2.24) is 4.90 Å². The lowest BCUT2D eigenvalue weighted by Crippen LogP contribution is -2.27. The smallest absolute Gasteiger partial charge is 0.339 e. The molecule has 1 aliphatic heterocycles. The van der Waals surface area contributed by atoms with Gasteiger partial charge in [-0.2, -0.15) is 0 Å². The number of ether oxygens (including phenoxy) is 2. The molecule has 6 nitrogen and oxygen atoms in total. The van der Waals surface area contributed by atoms with Crippen LogP contribution in [0, 0.1) is 0 Å². The van der Waals surface area contributed by atoms with Crippen molar-refractivity contribution in [2.75, 3.05) is 26.0 Å². The highest BCUT2D eigenvalue weighted by molar-refractivity contribution is 8.04. The van der Waals surface area contributed by atoms with Crippen molar-refractivity contribution in [3.63, 3.8) is 0 Å². The van der Waals surface area contributed by atoms with Crippen LogP contribution in [0.2, 0.25) is 10.0 Å². The van der Waals surface area contributed by atoms with Crippen molar-refractivity contribution in [3.8, 4) is 0 Å². The van der Waals surface area contributed by atoms with Crippen LogP contribution >= 0.6 is 35.0 Å². The predicted octanol–water partition coefficient (Wildman–Crippen LogP) is 3.13. The van der Waals surface area contributed by atoms with Crippen LogP contribution in [-0.2, 0) is 19.1 Å². The molecule has 0 aliphatic carbocycles. The lowest BCUT2D eigenvalue weighted by atomic mass is 10.2. The molecular weight excluding hydrogens is 389 g/mol. The van der Waals surface area contributed by atoms with Gasteiger partial charge in [0.15, 0.2) is 0 Å². The van der Waals surface area contributed by atoms with Gasteiger partial charge in [0.25, 0.3) is 0 Å². The minimum atomic E-state index is -0.583. The highest BCUT2D eigenvalue weighted by atomic mass is 35.5. The van der Waals surface area contributed by atoms with Crippen molar-refractivity contribution in [1.29, 1.82) is 0 Å². The van der Waals surface area contributed by atoms with Crippen LogP contribution in [0.1, 0.15) is 16.8 Å². The van der Waals surface area contributed by atoms with Gasteiger partial charge in [-0.15, -0.1) is 0 Å². The Balaban J connectivity index is 1.86. The fourth-order valence-corrected chi connectivity index (χ4v) is 3.39. The van der Waals surface area contributed by atoms with E-state index in [-0.39, 0.29) is 33.9 Å². The van der Waals surface area contributed by atoms with E-state index in [0.29, 0.717) is 18.0 Å². The van der Waals surface area contributed by atoms with E-state index in [4.69, 9.17) is 27.9 Å². The number of benzene rings is 1. The van der Waals surface area contributed by atoms with Crippen LogP contribution in [0.5, 0.6) is 0 Å². The van der Waals surface area contributed by atoms with Gasteiger partial charge in [-0.3, -0.25) is 4.79 Å². The van der Waals surface area contributed by atoms with Gasteiger partial charge in [0, 0.05) is 6.54 Å². The molecule has 1 saturated heterocycles. The number of esters is 2. The fraction of sp³-hybridized carbons (Fsp3) is 0.312. The minimum Gasteiger partial charge on any atom is -0.466 e. The van der Waals surface area contributed by atoms with E-state index in [9.17, 15) is 14.4 Å². The van der Waals surface area contributed by atoms with E-state index >= 15 is 0 Å². The zero-order valence-electron chi connectivity index (χ0n) is 13.3. The number of thioether (sulfide) groups is 1. The Bertz CT molecular complexity index is 722. The van der Waals surface area contributed by atoms with Crippen LogP contribution in [-0.4, -0.2) is 48.8 Å². The summed E-state index contributed by atoms with van der Waals surface area (Å²) in [4.78, 5) is 36.6. The minimum absolute atomic E-state index is 0.0988. The molecule has 1 aliphatic rings. The van der Waals surface area contributed by atoms with Gasteiger partial charge in [-0.05, 0) is 18.6 Å². The van der Waals surface area contributed by atoms with Crippen molar-refractivity contribution in [2.24, 2.45) is 0 Å². The maximum Gasteiger partial charge on any atom is 0.339 e. The molecule has 0 radical (unpaired) electrons. The van der Waals surface area contributed by atoms with Gasteiger partial charge in [0.05, 0.1) is 46.2 Å². The summed E-state index contributed by atoms with van der Waals surface area (Å²) in [6, 6.07) is 4.70. The first-order valence-corrected chi connectivity index (χ1v) is 9.02. The van der Waals surface area contributed by atoms with Gasteiger partial charge in [0.2, 0.25) is 5.91 Å². The highest BCUT2D eigenvalue weighted by Gasteiger charge is 2.27. The SMILES string of the molecule is COC(=O)/C=C1/SCC(=O)N1CCCOC(=O)c1cccc(Cl)c1Cl. The molecule has 0 unspecified atom stereocenters. The maximum atomic E-state index is 12.0. The molecular formula is C16H15Cl2NO5S. The van der Waals surface area contributed by atoms with Gasteiger partial charge in [0.1, 0.15) is 0 Å². The van der Waals surface area contributed by atoms with Gasteiger partial charge in [-0.25, -0.2) is 9.59 Å². The third-order valence-electron chi connectivity index (χ3n) is 3.28. The van der Waals surface area contributed by atoms with Gasteiger partial charge < -0.3 is 14.4 Å². The van der Waals surface area contributed by atoms with Crippen LogP contribution < -0.4 is 0 Å². The summed E-state index contributed by atoms with van der Waals surface area (Å²) < 4.78 is 9.72.